The summed E-state index contributed by atoms with van der Waals surface area (Å²) >= 11 is 7.64. The monoisotopic (exact) mass is 281 g/mol. The van der Waals surface area contributed by atoms with Gasteiger partial charge in [0, 0.05) is 41.1 Å². The number of rotatable bonds is 3. The third-order valence-electron chi connectivity index (χ3n) is 3.52. The molecule has 3 nitrogen and oxygen atoms in total. The maximum Gasteiger partial charge on any atom is 0.0540 e. The van der Waals surface area contributed by atoms with E-state index in [0.717, 1.165) is 18.0 Å². The van der Waals surface area contributed by atoms with E-state index >= 15 is 0 Å². The number of hydrogen-bond acceptors (Lipinski definition) is 3. The van der Waals surface area contributed by atoms with Crippen LogP contribution in [0, 0.1) is 0 Å². The lowest BCUT2D eigenvalue weighted by Crippen LogP contribution is -2.24. The van der Waals surface area contributed by atoms with Gasteiger partial charge in [0.05, 0.1) is 11.2 Å². The summed E-state index contributed by atoms with van der Waals surface area (Å²) in [6.45, 7) is 0.885. The Morgan fingerprint density at radius 3 is 3.28 bits per heavy atom. The Bertz CT molecular complexity index is 546. The smallest absolute Gasteiger partial charge is 0.0540 e. The summed E-state index contributed by atoms with van der Waals surface area (Å²) in [6, 6.07) is 2.47. The Kier molecular flexibility index (Phi) is 3.41. The van der Waals surface area contributed by atoms with Crippen LogP contribution < -0.4 is 5.32 Å². The second-order valence-corrected chi connectivity index (χ2v) is 6.16. The normalized spacial score (nSPS) is 18.9. The van der Waals surface area contributed by atoms with Gasteiger partial charge in [-0.25, -0.2) is 0 Å². The van der Waals surface area contributed by atoms with Crippen LogP contribution in [0.5, 0.6) is 0 Å². The quantitative estimate of drug-likeness (QED) is 0.935. The number of aromatic nitrogens is 2. The van der Waals surface area contributed by atoms with E-state index in [1.807, 2.05) is 29.4 Å². The summed E-state index contributed by atoms with van der Waals surface area (Å²) in [7, 11) is 2.03. The molecule has 2 aromatic heterocycles. The van der Waals surface area contributed by atoms with E-state index in [9.17, 15) is 0 Å². The fraction of sp³-hybridized carbons (Fsp3) is 0.462. The predicted octanol–water partition coefficient (Wildman–Crippen LogP) is 3.30. The number of nitrogens with one attached hydrogen (secondary N) is 1. The fourth-order valence-corrected chi connectivity index (χ4v) is 3.61. The maximum atomic E-state index is 5.94. The molecular formula is C13H16ClN3S. The number of fused-ring (bicyclic) bond motifs is 1. The van der Waals surface area contributed by atoms with Crippen molar-refractivity contribution in [1.29, 1.82) is 0 Å². The molecule has 3 rings (SSSR count). The molecule has 1 aliphatic carbocycles. The number of thiophene rings is 1. The van der Waals surface area contributed by atoms with Crippen molar-refractivity contribution < 1.29 is 0 Å². The van der Waals surface area contributed by atoms with Crippen LogP contribution in [-0.4, -0.2) is 9.78 Å². The molecule has 5 heteroatoms. The van der Waals surface area contributed by atoms with Gasteiger partial charge >= 0.3 is 0 Å². The van der Waals surface area contributed by atoms with Gasteiger partial charge in [-0.3, -0.25) is 4.68 Å². The topological polar surface area (TPSA) is 29.9 Å². The Balaban J connectivity index is 1.71. The third kappa shape index (κ3) is 2.32. The minimum absolute atomic E-state index is 0.434. The standard InChI is InChI=1S/C13H16ClN3S/c1-17-13-4-2-3-12(11(13)7-16-17)15-6-10-5-9(14)8-18-10/h5,7-8,12,15H,2-4,6H2,1H3. The van der Waals surface area contributed by atoms with Crippen LogP contribution in [0.25, 0.3) is 0 Å². The van der Waals surface area contributed by atoms with Gasteiger partial charge in [0.25, 0.3) is 0 Å². The van der Waals surface area contributed by atoms with Crippen molar-refractivity contribution in [1.82, 2.24) is 15.1 Å². The highest BCUT2D eigenvalue weighted by Crippen LogP contribution is 2.30. The van der Waals surface area contributed by atoms with Gasteiger partial charge in [0.1, 0.15) is 0 Å². The summed E-state index contributed by atoms with van der Waals surface area (Å²) < 4.78 is 2.01. The Morgan fingerprint density at radius 2 is 2.50 bits per heavy atom. The Morgan fingerprint density at radius 1 is 1.61 bits per heavy atom. The number of hydrogen-bond donors (Lipinski definition) is 1. The van der Waals surface area contributed by atoms with Gasteiger partial charge in [-0.2, -0.15) is 5.10 Å². The number of nitrogens with zero attached hydrogens (tertiary/aromatic N) is 2. The third-order valence-corrected chi connectivity index (χ3v) is 4.80. The number of aryl methyl sites for hydroxylation is 1. The van der Waals surface area contributed by atoms with Crippen molar-refractivity contribution >= 4 is 22.9 Å². The second kappa shape index (κ2) is 5.03. The van der Waals surface area contributed by atoms with E-state index in [0.29, 0.717) is 6.04 Å². The molecule has 0 bridgehead atoms. The number of halogens is 1. The molecule has 2 heterocycles. The molecule has 0 amide bonds. The molecule has 96 valence electrons. The molecule has 0 aromatic carbocycles. The van der Waals surface area contributed by atoms with Crippen molar-refractivity contribution in [2.45, 2.75) is 31.8 Å². The molecule has 0 saturated heterocycles. The predicted molar refractivity (Wildman–Crippen MR) is 75.1 cm³/mol. The highest BCUT2D eigenvalue weighted by Gasteiger charge is 2.22. The molecule has 18 heavy (non-hydrogen) atoms. The molecule has 2 aromatic rings. The molecule has 0 aliphatic heterocycles. The molecule has 0 spiro atoms. The van der Waals surface area contributed by atoms with Gasteiger partial charge in [-0.15, -0.1) is 11.3 Å². The molecule has 1 N–H and O–H groups in total. The molecule has 1 unspecified atom stereocenters. The van der Waals surface area contributed by atoms with Crippen LogP contribution in [0.1, 0.15) is 35.0 Å². The van der Waals surface area contributed by atoms with Gasteiger partial charge < -0.3 is 5.32 Å². The lowest BCUT2D eigenvalue weighted by atomic mass is 9.93. The van der Waals surface area contributed by atoms with Crippen molar-refractivity contribution in [3.63, 3.8) is 0 Å². The van der Waals surface area contributed by atoms with Crippen LogP contribution in [-0.2, 0) is 20.0 Å². The van der Waals surface area contributed by atoms with E-state index in [1.54, 1.807) is 11.3 Å². The van der Waals surface area contributed by atoms with Crippen LogP contribution in [0.3, 0.4) is 0 Å². The minimum atomic E-state index is 0.434. The first-order valence-corrected chi connectivity index (χ1v) is 7.47. The average Bonchev–Trinajstić information content (AvgIpc) is 2.94. The Hall–Kier alpha value is -0.840. The summed E-state index contributed by atoms with van der Waals surface area (Å²) in [6.07, 6.45) is 5.58. The minimum Gasteiger partial charge on any atom is -0.305 e. The van der Waals surface area contributed by atoms with Crippen molar-refractivity contribution in [3.05, 3.63) is 38.8 Å². The van der Waals surface area contributed by atoms with E-state index in [-0.39, 0.29) is 0 Å². The van der Waals surface area contributed by atoms with Crippen LogP contribution >= 0.6 is 22.9 Å². The van der Waals surface area contributed by atoms with Gasteiger partial charge in [-0.1, -0.05) is 11.6 Å². The first-order valence-electron chi connectivity index (χ1n) is 6.21. The molecule has 1 aliphatic rings. The second-order valence-electron chi connectivity index (χ2n) is 4.73. The largest absolute Gasteiger partial charge is 0.305 e. The van der Waals surface area contributed by atoms with Crippen LogP contribution in [0.2, 0.25) is 5.02 Å². The average molecular weight is 282 g/mol. The zero-order valence-electron chi connectivity index (χ0n) is 10.3. The summed E-state index contributed by atoms with van der Waals surface area (Å²) in [5.41, 5.74) is 2.74. The SMILES string of the molecule is Cn1ncc2c1CCCC2NCc1cc(Cl)cs1. The van der Waals surface area contributed by atoms with Gasteiger partial charge in [0.15, 0.2) is 0 Å². The zero-order valence-corrected chi connectivity index (χ0v) is 11.9. The van der Waals surface area contributed by atoms with Crippen molar-refractivity contribution in [3.8, 4) is 0 Å². The molecule has 1 atom stereocenters. The highest BCUT2D eigenvalue weighted by molar-refractivity contribution is 7.10. The molecule has 0 saturated carbocycles. The molecular weight excluding hydrogens is 266 g/mol. The first-order chi connectivity index (χ1) is 8.74. The molecule has 0 fully saturated rings. The summed E-state index contributed by atoms with van der Waals surface area (Å²) in [5.74, 6) is 0. The zero-order chi connectivity index (χ0) is 12.5. The van der Waals surface area contributed by atoms with Gasteiger partial charge in [-0.05, 0) is 25.3 Å². The lowest BCUT2D eigenvalue weighted by Gasteiger charge is -2.23. The highest BCUT2D eigenvalue weighted by atomic mass is 35.5. The van der Waals surface area contributed by atoms with E-state index in [1.165, 1.54) is 29.0 Å². The fourth-order valence-electron chi connectivity index (χ4n) is 2.59. The van der Waals surface area contributed by atoms with E-state index in [2.05, 4.69) is 10.4 Å². The Labute approximate surface area is 116 Å². The first kappa shape index (κ1) is 12.2. The molecule has 0 radical (unpaired) electrons. The van der Waals surface area contributed by atoms with Crippen LogP contribution in [0.4, 0.5) is 0 Å². The van der Waals surface area contributed by atoms with E-state index in [4.69, 9.17) is 11.6 Å². The lowest BCUT2D eigenvalue weighted by molar-refractivity contribution is 0.453. The maximum absolute atomic E-state index is 5.94. The van der Waals surface area contributed by atoms with Crippen molar-refractivity contribution in [2.75, 3.05) is 0 Å². The van der Waals surface area contributed by atoms with Crippen molar-refractivity contribution in [2.24, 2.45) is 7.05 Å². The van der Waals surface area contributed by atoms with Gasteiger partial charge in [0.2, 0.25) is 0 Å². The van der Waals surface area contributed by atoms with Crippen LogP contribution in [0.15, 0.2) is 17.6 Å². The summed E-state index contributed by atoms with van der Waals surface area (Å²) in [5, 5.41) is 10.8. The van der Waals surface area contributed by atoms with E-state index < -0.39 is 0 Å². The summed E-state index contributed by atoms with van der Waals surface area (Å²) in [4.78, 5) is 1.29.